The molecule has 0 fully saturated rings. The van der Waals surface area contributed by atoms with Gasteiger partial charge in [0.1, 0.15) is 0 Å². The summed E-state index contributed by atoms with van der Waals surface area (Å²) in [7, 11) is 0. The minimum Gasteiger partial charge on any atom is -0.388 e. The van der Waals surface area contributed by atoms with E-state index in [1.165, 1.54) is 0 Å². The number of amides is 1. The molecule has 1 rings (SSSR count). The van der Waals surface area contributed by atoms with E-state index in [0.717, 1.165) is 5.56 Å². The van der Waals surface area contributed by atoms with Gasteiger partial charge >= 0.3 is 0 Å². The second kappa shape index (κ2) is 7.11. The average Bonchev–Trinajstić information content (AvgIpc) is 2.43. The number of rotatable bonds is 7. The van der Waals surface area contributed by atoms with Gasteiger partial charge in [-0.15, -0.1) is 0 Å². The first-order valence-electron chi connectivity index (χ1n) is 6.47. The summed E-state index contributed by atoms with van der Waals surface area (Å²) in [5.41, 5.74) is 0.276. The number of aromatic nitrogens is 1. The van der Waals surface area contributed by atoms with Gasteiger partial charge in [0.05, 0.1) is 5.60 Å². The molecule has 0 radical (unpaired) electrons. The number of nitrogens with one attached hydrogen (secondary N) is 1. The summed E-state index contributed by atoms with van der Waals surface area (Å²) in [5.74, 6) is -0.0285. The Morgan fingerprint density at radius 1 is 1.44 bits per heavy atom. The Morgan fingerprint density at radius 3 is 2.72 bits per heavy atom. The number of carbonyl (C=O) groups excluding carboxylic acids is 1. The first-order chi connectivity index (χ1) is 8.59. The van der Waals surface area contributed by atoms with Crippen molar-refractivity contribution < 1.29 is 9.90 Å². The van der Waals surface area contributed by atoms with E-state index in [0.29, 0.717) is 32.2 Å². The van der Waals surface area contributed by atoms with Crippen molar-refractivity contribution in [2.75, 3.05) is 6.54 Å². The summed E-state index contributed by atoms with van der Waals surface area (Å²) in [5, 5.41) is 12.8. The summed E-state index contributed by atoms with van der Waals surface area (Å²) in [6.45, 7) is 4.17. The smallest absolute Gasteiger partial charge is 0.220 e. The number of hydrogen-bond acceptors (Lipinski definition) is 3. The molecule has 0 unspecified atom stereocenters. The lowest BCUT2D eigenvalue weighted by atomic mass is 9.97. The van der Waals surface area contributed by atoms with Crippen LogP contribution in [0.4, 0.5) is 0 Å². The molecular weight excluding hydrogens is 228 g/mol. The quantitative estimate of drug-likeness (QED) is 0.774. The van der Waals surface area contributed by atoms with E-state index >= 15 is 0 Å². The van der Waals surface area contributed by atoms with Gasteiger partial charge in [0, 0.05) is 25.4 Å². The van der Waals surface area contributed by atoms with Crippen LogP contribution >= 0.6 is 0 Å². The monoisotopic (exact) mass is 250 g/mol. The average molecular weight is 250 g/mol. The molecule has 1 amide bonds. The van der Waals surface area contributed by atoms with Crippen LogP contribution in [0.5, 0.6) is 0 Å². The van der Waals surface area contributed by atoms with Gasteiger partial charge in [-0.3, -0.25) is 9.78 Å². The highest BCUT2D eigenvalue weighted by atomic mass is 16.3. The minimum absolute atomic E-state index is 0.0285. The number of pyridine rings is 1. The van der Waals surface area contributed by atoms with Gasteiger partial charge in [-0.1, -0.05) is 19.9 Å². The summed E-state index contributed by atoms with van der Waals surface area (Å²) in [6.07, 6.45) is 5.87. The molecule has 18 heavy (non-hydrogen) atoms. The van der Waals surface area contributed by atoms with Crippen LogP contribution in [0.2, 0.25) is 0 Å². The van der Waals surface area contributed by atoms with Crippen LogP contribution in [0.3, 0.4) is 0 Å². The summed E-state index contributed by atoms with van der Waals surface area (Å²) in [6, 6.07) is 3.81. The third kappa shape index (κ3) is 4.84. The van der Waals surface area contributed by atoms with Gasteiger partial charge in [-0.2, -0.15) is 0 Å². The number of hydrogen-bond donors (Lipinski definition) is 2. The molecule has 1 heterocycles. The largest absolute Gasteiger partial charge is 0.388 e. The molecule has 0 aromatic carbocycles. The Kier molecular flexibility index (Phi) is 5.78. The van der Waals surface area contributed by atoms with E-state index in [2.05, 4.69) is 10.3 Å². The fraction of sp³-hybridized carbons (Fsp3) is 0.571. The van der Waals surface area contributed by atoms with Crippen molar-refractivity contribution in [2.45, 2.75) is 45.1 Å². The van der Waals surface area contributed by atoms with Crippen molar-refractivity contribution in [2.24, 2.45) is 0 Å². The molecule has 4 heteroatoms. The molecule has 0 bridgehead atoms. The van der Waals surface area contributed by atoms with E-state index in [9.17, 15) is 9.90 Å². The number of carbonyl (C=O) groups is 1. The molecule has 0 atom stereocenters. The molecule has 4 nitrogen and oxygen atoms in total. The highest BCUT2D eigenvalue weighted by molar-refractivity contribution is 5.76. The van der Waals surface area contributed by atoms with Crippen LogP contribution in [0.25, 0.3) is 0 Å². The molecule has 1 aromatic heterocycles. The summed E-state index contributed by atoms with van der Waals surface area (Å²) in [4.78, 5) is 15.7. The van der Waals surface area contributed by atoms with Crippen LogP contribution < -0.4 is 5.32 Å². The van der Waals surface area contributed by atoms with Gasteiger partial charge in [0.25, 0.3) is 0 Å². The first-order valence-corrected chi connectivity index (χ1v) is 6.47. The Hall–Kier alpha value is -1.42. The van der Waals surface area contributed by atoms with Crippen molar-refractivity contribution >= 4 is 5.91 Å². The van der Waals surface area contributed by atoms with Gasteiger partial charge in [-0.05, 0) is 30.9 Å². The molecule has 100 valence electrons. The van der Waals surface area contributed by atoms with Crippen molar-refractivity contribution in [3.05, 3.63) is 30.1 Å². The highest BCUT2D eigenvalue weighted by Crippen LogP contribution is 2.12. The maximum atomic E-state index is 11.7. The predicted octanol–water partition coefficient (Wildman–Crippen LogP) is 1.68. The van der Waals surface area contributed by atoms with Crippen LogP contribution in [-0.4, -0.2) is 28.1 Å². The molecule has 0 spiro atoms. The predicted molar refractivity (Wildman–Crippen MR) is 71.1 cm³/mol. The zero-order valence-electron chi connectivity index (χ0n) is 11.1. The summed E-state index contributed by atoms with van der Waals surface area (Å²) >= 11 is 0. The topological polar surface area (TPSA) is 62.2 Å². The highest BCUT2D eigenvalue weighted by Gasteiger charge is 2.22. The zero-order chi connectivity index (χ0) is 13.4. The van der Waals surface area contributed by atoms with Crippen LogP contribution in [-0.2, 0) is 11.2 Å². The van der Waals surface area contributed by atoms with Gasteiger partial charge < -0.3 is 10.4 Å². The summed E-state index contributed by atoms with van der Waals surface area (Å²) < 4.78 is 0. The molecule has 0 saturated heterocycles. The molecule has 0 aliphatic carbocycles. The van der Waals surface area contributed by atoms with Crippen molar-refractivity contribution in [3.63, 3.8) is 0 Å². The molecule has 0 saturated carbocycles. The van der Waals surface area contributed by atoms with Gasteiger partial charge in [-0.25, -0.2) is 0 Å². The van der Waals surface area contributed by atoms with Crippen LogP contribution in [0, 0.1) is 0 Å². The molecule has 0 aliphatic rings. The lowest BCUT2D eigenvalue weighted by Crippen LogP contribution is -2.42. The maximum Gasteiger partial charge on any atom is 0.220 e. The Balaban J connectivity index is 2.30. The van der Waals surface area contributed by atoms with E-state index < -0.39 is 5.60 Å². The molecule has 1 aromatic rings. The fourth-order valence-electron chi connectivity index (χ4n) is 1.66. The zero-order valence-corrected chi connectivity index (χ0v) is 11.1. The lowest BCUT2D eigenvalue weighted by Gasteiger charge is -2.25. The maximum absolute atomic E-state index is 11.7. The molecular formula is C14H22N2O2. The van der Waals surface area contributed by atoms with E-state index in [1.54, 1.807) is 12.4 Å². The fourth-order valence-corrected chi connectivity index (χ4v) is 1.66. The van der Waals surface area contributed by atoms with E-state index in [4.69, 9.17) is 0 Å². The Labute approximate surface area is 108 Å². The second-order valence-corrected chi connectivity index (χ2v) is 4.57. The second-order valence-electron chi connectivity index (χ2n) is 4.57. The van der Waals surface area contributed by atoms with Crippen molar-refractivity contribution in [1.29, 1.82) is 0 Å². The first kappa shape index (κ1) is 14.6. The Bertz CT molecular complexity index is 361. The number of aliphatic hydroxyl groups is 1. The van der Waals surface area contributed by atoms with Crippen molar-refractivity contribution in [3.8, 4) is 0 Å². The standard InChI is InChI=1S/C14H22N2O2/c1-3-14(18,4-2)11-16-13(17)8-7-12-6-5-9-15-10-12/h5-6,9-10,18H,3-4,7-8,11H2,1-2H3,(H,16,17). The normalized spacial score (nSPS) is 11.3. The third-order valence-corrected chi connectivity index (χ3v) is 3.29. The molecule has 0 aliphatic heterocycles. The lowest BCUT2D eigenvalue weighted by molar-refractivity contribution is -0.122. The van der Waals surface area contributed by atoms with Crippen molar-refractivity contribution in [1.82, 2.24) is 10.3 Å². The van der Waals surface area contributed by atoms with E-state index in [-0.39, 0.29) is 5.91 Å². The van der Waals surface area contributed by atoms with Gasteiger partial charge in [0.15, 0.2) is 0 Å². The SMILES string of the molecule is CCC(O)(CC)CNC(=O)CCc1cccnc1. The minimum atomic E-state index is -0.774. The van der Waals surface area contributed by atoms with Crippen LogP contribution in [0.15, 0.2) is 24.5 Å². The Morgan fingerprint density at radius 2 is 2.17 bits per heavy atom. The van der Waals surface area contributed by atoms with E-state index in [1.807, 2.05) is 26.0 Å². The molecule has 2 N–H and O–H groups in total. The van der Waals surface area contributed by atoms with Crippen LogP contribution in [0.1, 0.15) is 38.7 Å². The number of nitrogens with zero attached hydrogens (tertiary/aromatic N) is 1. The number of aryl methyl sites for hydroxylation is 1. The van der Waals surface area contributed by atoms with Gasteiger partial charge in [0.2, 0.25) is 5.91 Å². The third-order valence-electron chi connectivity index (χ3n) is 3.29.